The molecule has 2 unspecified atom stereocenters. The summed E-state index contributed by atoms with van der Waals surface area (Å²) in [4.78, 5) is 22.9. The molecule has 1 fully saturated rings. The molecule has 6 nitrogen and oxygen atoms in total. The van der Waals surface area contributed by atoms with Gasteiger partial charge in [0.15, 0.2) is 0 Å². The number of ether oxygens (including phenoxy) is 1. The molecule has 0 amide bonds. The van der Waals surface area contributed by atoms with E-state index in [1.165, 1.54) is 21.3 Å². The lowest BCUT2D eigenvalue weighted by Crippen LogP contribution is -2.50. The number of carbonyl (C=O) groups excluding carboxylic acids is 2. The van der Waals surface area contributed by atoms with E-state index < -0.39 is 26.7 Å². The third-order valence-electron chi connectivity index (χ3n) is 3.30. The van der Waals surface area contributed by atoms with E-state index in [9.17, 15) is 9.59 Å². The standard InChI is InChI=1S/C11H20O6Si/c1-5-6-9(18(14-2,15-3)16-4)8-7-10(12)17-11(8)13/h8-9H,5-7H2,1-4H3. The first-order chi connectivity index (χ1) is 8.54. The smallest absolute Gasteiger partial charge is 0.393 e. The lowest BCUT2D eigenvalue weighted by atomic mass is 10.00. The van der Waals surface area contributed by atoms with Gasteiger partial charge in [-0.25, -0.2) is 0 Å². The lowest BCUT2D eigenvalue weighted by molar-refractivity contribution is -0.153. The molecule has 1 rings (SSSR count). The Kier molecular flexibility index (Phi) is 5.45. The SMILES string of the molecule is CCCC(C1CC(=O)OC1=O)[Si](OC)(OC)OC. The van der Waals surface area contributed by atoms with Crippen LogP contribution in [0.15, 0.2) is 0 Å². The van der Waals surface area contributed by atoms with Crippen LogP contribution in [0.1, 0.15) is 26.2 Å². The Balaban J connectivity index is 3.00. The monoisotopic (exact) mass is 276 g/mol. The average Bonchev–Trinajstić information content (AvgIpc) is 2.69. The molecule has 104 valence electrons. The van der Waals surface area contributed by atoms with Crippen molar-refractivity contribution >= 4 is 20.7 Å². The predicted molar refractivity (Wildman–Crippen MR) is 64.6 cm³/mol. The summed E-state index contributed by atoms with van der Waals surface area (Å²) in [5, 5.41) is 0. The maximum Gasteiger partial charge on any atom is 0.504 e. The minimum Gasteiger partial charge on any atom is -0.393 e. The summed E-state index contributed by atoms with van der Waals surface area (Å²) in [6.45, 7) is 2.00. The molecule has 0 aromatic heterocycles. The average molecular weight is 276 g/mol. The maximum atomic E-state index is 11.7. The normalized spacial score (nSPS) is 22.1. The van der Waals surface area contributed by atoms with Gasteiger partial charge in [-0.05, 0) is 6.42 Å². The van der Waals surface area contributed by atoms with E-state index >= 15 is 0 Å². The molecule has 1 aliphatic heterocycles. The molecule has 0 spiro atoms. The summed E-state index contributed by atoms with van der Waals surface area (Å²) < 4.78 is 20.9. The molecule has 1 aliphatic rings. The zero-order valence-electron chi connectivity index (χ0n) is 11.2. The van der Waals surface area contributed by atoms with Crippen LogP contribution in [0.3, 0.4) is 0 Å². The van der Waals surface area contributed by atoms with Gasteiger partial charge in [-0.3, -0.25) is 9.59 Å². The molecule has 0 saturated carbocycles. The summed E-state index contributed by atoms with van der Waals surface area (Å²) in [5.41, 5.74) is -0.249. The van der Waals surface area contributed by atoms with Crippen molar-refractivity contribution in [3.63, 3.8) is 0 Å². The van der Waals surface area contributed by atoms with E-state index in [4.69, 9.17) is 13.3 Å². The van der Waals surface area contributed by atoms with Gasteiger partial charge in [0.2, 0.25) is 0 Å². The summed E-state index contributed by atoms with van der Waals surface area (Å²) >= 11 is 0. The second kappa shape index (κ2) is 6.42. The van der Waals surface area contributed by atoms with Gasteiger partial charge in [0.05, 0.1) is 12.3 Å². The van der Waals surface area contributed by atoms with Crippen LogP contribution < -0.4 is 0 Å². The predicted octanol–water partition coefficient (Wildman–Crippen LogP) is 1.12. The highest BCUT2D eigenvalue weighted by Gasteiger charge is 2.55. The van der Waals surface area contributed by atoms with Crippen LogP contribution in [0, 0.1) is 5.92 Å². The molecule has 0 N–H and O–H groups in total. The molecule has 0 aromatic carbocycles. The molecule has 0 bridgehead atoms. The number of esters is 2. The zero-order valence-corrected chi connectivity index (χ0v) is 12.2. The van der Waals surface area contributed by atoms with Crippen molar-refractivity contribution < 1.29 is 27.6 Å². The molecule has 2 atom stereocenters. The molecular formula is C11H20O6Si. The highest BCUT2D eigenvalue weighted by atomic mass is 28.4. The van der Waals surface area contributed by atoms with Crippen molar-refractivity contribution in [2.45, 2.75) is 31.7 Å². The maximum absolute atomic E-state index is 11.7. The van der Waals surface area contributed by atoms with Crippen LogP contribution in [0.2, 0.25) is 5.54 Å². The first-order valence-corrected chi connectivity index (χ1v) is 7.74. The number of carbonyl (C=O) groups is 2. The van der Waals surface area contributed by atoms with Gasteiger partial charge < -0.3 is 18.0 Å². The van der Waals surface area contributed by atoms with Crippen LogP contribution in [0.25, 0.3) is 0 Å². The minimum absolute atomic E-state index is 0.0777. The number of cyclic esters (lactones) is 2. The molecule has 0 aliphatic carbocycles. The number of rotatable bonds is 7. The van der Waals surface area contributed by atoms with Crippen molar-refractivity contribution in [2.24, 2.45) is 5.92 Å². The van der Waals surface area contributed by atoms with E-state index in [1.54, 1.807) is 0 Å². The highest BCUT2D eigenvalue weighted by Crippen LogP contribution is 2.40. The van der Waals surface area contributed by atoms with Crippen LogP contribution in [0.5, 0.6) is 0 Å². The molecular weight excluding hydrogens is 256 g/mol. The van der Waals surface area contributed by atoms with E-state index in [0.717, 1.165) is 6.42 Å². The number of hydrogen-bond acceptors (Lipinski definition) is 6. The van der Waals surface area contributed by atoms with Gasteiger partial charge in [-0.2, -0.15) is 0 Å². The number of hydrogen-bond donors (Lipinski definition) is 0. The van der Waals surface area contributed by atoms with Crippen LogP contribution >= 0.6 is 0 Å². The van der Waals surface area contributed by atoms with Crippen LogP contribution in [-0.2, 0) is 27.6 Å². The summed E-state index contributed by atoms with van der Waals surface area (Å²) in [6, 6.07) is 0. The molecule has 7 heteroatoms. The van der Waals surface area contributed by atoms with Gasteiger partial charge in [0, 0.05) is 26.9 Å². The van der Waals surface area contributed by atoms with Crippen molar-refractivity contribution in [3.8, 4) is 0 Å². The summed E-state index contributed by atoms with van der Waals surface area (Å²) in [7, 11) is 1.55. The Morgan fingerprint density at radius 3 is 2.17 bits per heavy atom. The molecule has 1 saturated heterocycles. The second-order valence-electron chi connectivity index (χ2n) is 4.21. The topological polar surface area (TPSA) is 71.1 Å². The third kappa shape index (κ3) is 2.80. The fraction of sp³-hybridized carbons (Fsp3) is 0.818. The van der Waals surface area contributed by atoms with Crippen molar-refractivity contribution in [1.29, 1.82) is 0 Å². The summed E-state index contributed by atoms with van der Waals surface area (Å²) in [5.74, 6) is -1.51. The van der Waals surface area contributed by atoms with Gasteiger partial charge in [0.1, 0.15) is 0 Å². The molecule has 1 heterocycles. The Labute approximate surface area is 108 Å². The Morgan fingerprint density at radius 2 is 1.83 bits per heavy atom. The van der Waals surface area contributed by atoms with Crippen LogP contribution in [0.4, 0.5) is 0 Å². The fourth-order valence-corrected chi connectivity index (χ4v) is 5.24. The second-order valence-corrected chi connectivity index (χ2v) is 7.39. The lowest BCUT2D eigenvalue weighted by Gasteiger charge is -2.34. The fourth-order valence-electron chi connectivity index (χ4n) is 2.44. The van der Waals surface area contributed by atoms with Gasteiger partial charge in [-0.15, -0.1) is 0 Å². The van der Waals surface area contributed by atoms with E-state index in [1.807, 2.05) is 6.92 Å². The Morgan fingerprint density at radius 1 is 1.28 bits per heavy atom. The quantitative estimate of drug-likeness (QED) is 0.394. The Bertz CT molecular complexity index is 306. The first kappa shape index (κ1) is 15.3. The van der Waals surface area contributed by atoms with Gasteiger partial charge >= 0.3 is 20.7 Å². The van der Waals surface area contributed by atoms with E-state index in [-0.39, 0.29) is 12.0 Å². The highest BCUT2D eigenvalue weighted by molar-refractivity contribution is 6.62. The largest absolute Gasteiger partial charge is 0.504 e. The van der Waals surface area contributed by atoms with Crippen molar-refractivity contribution in [1.82, 2.24) is 0 Å². The van der Waals surface area contributed by atoms with Crippen molar-refractivity contribution in [3.05, 3.63) is 0 Å². The zero-order chi connectivity index (χ0) is 13.8. The van der Waals surface area contributed by atoms with E-state index in [2.05, 4.69) is 4.74 Å². The molecule has 0 radical (unpaired) electrons. The molecule has 18 heavy (non-hydrogen) atoms. The Hall–Kier alpha value is -0.763. The summed E-state index contributed by atoms with van der Waals surface area (Å²) in [6.07, 6.45) is 1.61. The van der Waals surface area contributed by atoms with Gasteiger partial charge in [-0.1, -0.05) is 13.3 Å². The van der Waals surface area contributed by atoms with E-state index in [0.29, 0.717) is 6.42 Å². The molecule has 0 aromatic rings. The first-order valence-electron chi connectivity index (χ1n) is 5.94. The minimum atomic E-state index is -2.96. The van der Waals surface area contributed by atoms with Crippen LogP contribution in [-0.4, -0.2) is 42.1 Å². The van der Waals surface area contributed by atoms with Gasteiger partial charge in [0.25, 0.3) is 0 Å². The third-order valence-corrected chi connectivity index (χ3v) is 6.60. The van der Waals surface area contributed by atoms with Crippen molar-refractivity contribution in [2.75, 3.05) is 21.3 Å².